The number of pyridine rings is 1. The van der Waals surface area contributed by atoms with Crippen LogP contribution in [0, 0.1) is 0 Å². The number of imidazole rings is 1. The van der Waals surface area contributed by atoms with E-state index in [2.05, 4.69) is 42.4 Å². The van der Waals surface area contributed by atoms with Crippen LogP contribution < -0.4 is 5.32 Å². The second-order valence-corrected chi connectivity index (χ2v) is 5.76. The summed E-state index contributed by atoms with van der Waals surface area (Å²) in [6.45, 7) is 1.07. The lowest BCUT2D eigenvalue weighted by molar-refractivity contribution is 0.102. The van der Waals surface area contributed by atoms with Gasteiger partial charge in [-0.15, -0.1) is 0 Å². The van der Waals surface area contributed by atoms with E-state index < -0.39 is 0 Å². The van der Waals surface area contributed by atoms with Crippen molar-refractivity contribution < 1.29 is 4.79 Å². The highest BCUT2D eigenvalue weighted by atomic mass is 16.2. The topological polar surface area (TPSA) is 103 Å². The molecule has 0 saturated carbocycles. The van der Waals surface area contributed by atoms with Crippen molar-refractivity contribution in [1.29, 1.82) is 0 Å². The minimum atomic E-state index is -0.299. The fourth-order valence-electron chi connectivity index (χ4n) is 3.00. The SMILES string of the molecule is CN1CCCC1c1cc(C(=O)Nc2nc3ncccc3[nH]2)n[nH]1. The molecular weight excluding hydrogens is 294 g/mol. The van der Waals surface area contributed by atoms with Gasteiger partial charge in [-0.2, -0.15) is 10.1 Å². The molecule has 4 rings (SSSR count). The molecule has 8 nitrogen and oxygen atoms in total. The Balaban J connectivity index is 1.51. The predicted molar refractivity (Wildman–Crippen MR) is 85.0 cm³/mol. The summed E-state index contributed by atoms with van der Waals surface area (Å²) in [6, 6.07) is 5.78. The standard InChI is InChI=1S/C15H17N7O/c1-22-7-3-5-12(22)10-8-11(21-20-10)14(23)19-15-17-9-4-2-6-16-13(9)18-15/h2,4,6,8,12H,3,5,7H2,1H3,(H,20,21)(H2,16,17,18,19,23). The average Bonchev–Trinajstić information content (AvgIpc) is 3.24. The van der Waals surface area contributed by atoms with Crippen molar-refractivity contribution in [3.05, 3.63) is 35.8 Å². The zero-order chi connectivity index (χ0) is 15.8. The third-order valence-electron chi connectivity index (χ3n) is 4.20. The number of carbonyl (C=O) groups is 1. The maximum absolute atomic E-state index is 12.3. The van der Waals surface area contributed by atoms with E-state index in [1.54, 1.807) is 6.20 Å². The van der Waals surface area contributed by atoms with Crippen LogP contribution in [0.1, 0.15) is 35.1 Å². The Morgan fingerprint density at radius 2 is 2.39 bits per heavy atom. The Kier molecular flexibility index (Phi) is 3.30. The van der Waals surface area contributed by atoms with Crippen molar-refractivity contribution in [3.63, 3.8) is 0 Å². The van der Waals surface area contributed by atoms with E-state index in [1.807, 2.05) is 18.2 Å². The van der Waals surface area contributed by atoms with Gasteiger partial charge in [-0.3, -0.25) is 20.1 Å². The lowest BCUT2D eigenvalue weighted by Crippen LogP contribution is -2.17. The largest absolute Gasteiger partial charge is 0.322 e. The first-order chi connectivity index (χ1) is 11.2. The maximum Gasteiger partial charge on any atom is 0.278 e. The van der Waals surface area contributed by atoms with Gasteiger partial charge in [0.15, 0.2) is 11.3 Å². The monoisotopic (exact) mass is 311 g/mol. The molecule has 3 aromatic heterocycles. The normalized spacial score (nSPS) is 18.6. The van der Waals surface area contributed by atoms with Crippen molar-refractivity contribution >= 4 is 23.0 Å². The Bertz CT molecular complexity index is 819. The van der Waals surface area contributed by atoms with Gasteiger partial charge < -0.3 is 4.98 Å². The van der Waals surface area contributed by atoms with Crippen LogP contribution in [0.3, 0.4) is 0 Å². The fourth-order valence-corrected chi connectivity index (χ4v) is 3.00. The summed E-state index contributed by atoms with van der Waals surface area (Å²) in [4.78, 5) is 25.9. The number of anilines is 1. The molecule has 0 aliphatic carbocycles. The second kappa shape index (κ2) is 5.47. The van der Waals surface area contributed by atoms with Gasteiger partial charge in [0, 0.05) is 6.20 Å². The first-order valence-electron chi connectivity index (χ1n) is 7.58. The molecule has 1 amide bonds. The minimum absolute atomic E-state index is 0.299. The maximum atomic E-state index is 12.3. The molecule has 1 aliphatic heterocycles. The number of nitrogens with one attached hydrogen (secondary N) is 3. The van der Waals surface area contributed by atoms with Gasteiger partial charge in [0.1, 0.15) is 0 Å². The van der Waals surface area contributed by atoms with Gasteiger partial charge in [0.25, 0.3) is 5.91 Å². The highest BCUT2D eigenvalue weighted by molar-refractivity contribution is 6.02. The van der Waals surface area contributed by atoms with Gasteiger partial charge in [-0.1, -0.05) is 0 Å². The summed E-state index contributed by atoms with van der Waals surface area (Å²) >= 11 is 0. The van der Waals surface area contributed by atoms with E-state index in [1.165, 1.54) is 0 Å². The Hall–Kier alpha value is -2.74. The van der Waals surface area contributed by atoms with E-state index in [9.17, 15) is 4.79 Å². The van der Waals surface area contributed by atoms with Crippen LogP contribution in [0.15, 0.2) is 24.4 Å². The number of hydrogen-bond donors (Lipinski definition) is 3. The molecule has 1 aliphatic rings. The number of aromatic amines is 2. The summed E-state index contributed by atoms with van der Waals surface area (Å²) in [5, 5.41) is 9.82. The molecule has 0 radical (unpaired) electrons. The van der Waals surface area contributed by atoms with E-state index in [-0.39, 0.29) is 5.91 Å². The third kappa shape index (κ3) is 2.57. The number of hydrogen-bond acceptors (Lipinski definition) is 5. The molecular formula is C15H17N7O. The zero-order valence-corrected chi connectivity index (χ0v) is 12.7. The zero-order valence-electron chi connectivity index (χ0n) is 12.7. The van der Waals surface area contributed by atoms with Crippen LogP contribution in [0.5, 0.6) is 0 Å². The molecule has 1 atom stereocenters. The number of rotatable bonds is 3. The van der Waals surface area contributed by atoms with Gasteiger partial charge in [-0.05, 0) is 44.6 Å². The molecule has 8 heteroatoms. The van der Waals surface area contributed by atoms with E-state index in [0.717, 1.165) is 30.6 Å². The Morgan fingerprint density at radius 3 is 3.17 bits per heavy atom. The first kappa shape index (κ1) is 13.9. The van der Waals surface area contributed by atoms with Crippen LogP contribution in [0.25, 0.3) is 11.2 Å². The minimum Gasteiger partial charge on any atom is -0.322 e. The van der Waals surface area contributed by atoms with Crippen molar-refractivity contribution in [3.8, 4) is 0 Å². The van der Waals surface area contributed by atoms with Gasteiger partial charge in [0.2, 0.25) is 5.95 Å². The molecule has 0 spiro atoms. The van der Waals surface area contributed by atoms with Crippen LogP contribution in [-0.4, -0.2) is 49.5 Å². The van der Waals surface area contributed by atoms with E-state index in [4.69, 9.17) is 0 Å². The fraction of sp³-hybridized carbons (Fsp3) is 0.333. The van der Waals surface area contributed by atoms with Gasteiger partial charge in [-0.25, -0.2) is 4.98 Å². The van der Waals surface area contributed by atoms with Crippen molar-refractivity contribution in [2.45, 2.75) is 18.9 Å². The van der Waals surface area contributed by atoms with Crippen molar-refractivity contribution in [2.75, 3.05) is 18.9 Å². The average molecular weight is 311 g/mol. The third-order valence-corrected chi connectivity index (χ3v) is 4.20. The first-order valence-corrected chi connectivity index (χ1v) is 7.58. The quantitative estimate of drug-likeness (QED) is 0.683. The number of H-pyrrole nitrogens is 2. The summed E-state index contributed by atoms with van der Waals surface area (Å²) in [7, 11) is 2.08. The second-order valence-electron chi connectivity index (χ2n) is 5.76. The molecule has 118 valence electrons. The number of likely N-dealkylation sites (tertiary alicyclic amines) is 1. The molecule has 0 bridgehead atoms. The lowest BCUT2D eigenvalue weighted by Gasteiger charge is -2.16. The number of fused-ring (bicyclic) bond motifs is 1. The van der Waals surface area contributed by atoms with E-state index in [0.29, 0.717) is 23.3 Å². The molecule has 0 aromatic carbocycles. The van der Waals surface area contributed by atoms with Crippen LogP contribution in [-0.2, 0) is 0 Å². The molecule has 1 unspecified atom stereocenters. The van der Waals surface area contributed by atoms with E-state index >= 15 is 0 Å². The predicted octanol–water partition coefficient (Wildman–Crippen LogP) is 1.70. The van der Waals surface area contributed by atoms with Crippen LogP contribution in [0.4, 0.5) is 5.95 Å². The van der Waals surface area contributed by atoms with Crippen LogP contribution in [0.2, 0.25) is 0 Å². The molecule has 3 N–H and O–H groups in total. The smallest absolute Gasteiger partial charge is 0.278 e. The van der Waals surface area contributed by atoms with Crippen LogP contribution >= 0.6 is 0 Å². The summed E-state index contributed by atoms with van der Waals surface area (Å²) in [6.07, 6.45) is 3.90. The highest BCUT2D eigenvalue weighted by Crippen LogP contribution is 2.29. The summed E-state index contributed by atoms with van der Waals surface area (Å²) < 4.78 is 0. The highest BCUT2D eigenvalue weighted by Gasteiger charge is 2.25. The van der Waals surface area contributed by atoms with Gasteiger partial charge in [0.05, 0.1) is 17.3 Å². The lowest BCUT2D eigenvalue weighted by atomic mass is 10.1. The molecule has 23 heavy (non-hydrogen) atoms. The van der Waals surface area contributed by atoms with Crippen molar-refractivity contribution in [1.82, 2.24) is 30.0 Å². The Morgan fingerprint density at radius 1 is 1.48 bits per heavy atom. The molecule has 1 fully saturated rings. The van der Waals surface area contributed by atoms with Gasteiger partial charge >= 0.3 is 0 Å². The number of nitrogens with zero attached hydrogens (tertiary/aromatic N) is 4. The molecule has 3 aromatic rings. The number of amides is 1. The molecule has 4 heterocycles. The molecule has 1 saturated heterocycles. The summed E-state index contributed by atoms with van der Waals surface area (Å²) in [5.74, 6) is 0.0680. The summed E-state index contributed by atoms with van der Waals surface area (Å²) in [5.41, 5.74) is 2.67. The Labute approximate surface area is 132 Å². The van der Waals surface area contributed by atoms with Crippen molar-refractivity contribution in [2.24, 2.45) is 0 Å². The number of carbonyl (C=O) groups excluding carboxylic acids is 1. The number of aromatic nitrogens is 5.